The van der Waals surface area contributed by atoms with Gasteiger partial charge in [-0.1, -0.05) is 24.6 Å². The zero-order valence-corrected chi connectivity index (χ0v) is 12.8. The van der Waals surface area contributed by atoms with Crippen molar-refractivity contribution in [3.63, 3.8) is 0 Å². The van der Waals surface area contributed by atoms with Crippen LogP contribution in [0.25, 0.3) is 16.7 Å². The van der Waals surface area contributed by atoms with Gasteiger partial charge in [-0.3, -0.25) is 0 Å². The second-order valence-electron chi connectivity index (χ2n) is 4.93. The van der Waals surface area contributed by atoms with Gasteiger partial charge in [0, 0.05) is 5.02 Å². The Morgan fingerprint density at radius 3 is 2.95 bits per heavy atom. The molecule has 2 heterocycles. The van der Waals surface area contributed by atoms with Gasteiger partial charge in [-0.2, -0.15) is 5.10 Å². The Labute approximate surface area is 132 Å². The van der Waals surface area contributed by atoms with E-state index in [1.807, 2.05) is 31.2 Å². The van der Waals surface area contributed by atoms with Crippen molar-refractivity contribution in [3.8, 4) is 5.69 Å². The van der Waals surface area contributed by atoms with E-state index in [9.17, 15) is 5.11 Å². The van der Waals surface area contributed by atoms with Gasteiger partial charge in [-0.25, -0.2) is 14.6 Å². The molecule has 3 rings (SSSR count). The van der Waals surface area contributed by atoms with Crippen molar-refractivity contribution >= 4 is 28.5 Å². The molecule has 0 aliphatic rings. The Bertz CT molecular complexity index is 784. The molecule has 1 aromatic carbocycles. The number of nitrogens with one attached hydrogen (secondary N) is 1. The second kappa shape index (κ2) is 6.29. The fourth-order valence-corrected chi connectivity index (χ4v) is 2.41. The standard InChI is InChI=1S/C15H16ClN5O/c1-2-11(8-22)20-14-13-7-19-21(15(13)18-9-17-14)12-5-3-4-10(16)6-12/h3-7,9,11,22H,2,8H2,1H3,(H,17,18,20). The third kappa shape index (κ3) is 2.75. The highest BCUT2D eigenvalue weighted by Crippen LogP contribution is 2.23. The lowest BCUT2D eigenvalue weighted by molar-refractivity contribution is 0.271. The lowest BCUT2D eigenvalue weighted by Gasteiger charge is -2.14. The molecule has 1 atom stereocenters. The molecule has 0 bridgehead atoms. The average Bonchev–Trinajstić information content (AvgIpc) is 2.97. The van der Waals surface area contributed by atoms with Crippen molar-refractivity contribution in [2.45, 2.75) is 19.4 Å². The van der Waals surface area contributed by atoms with E-state index >= 15 is 0 Å². The van der Waals surface area contributed by atoms with Gasteiger partial charge >= 0.3 is 0 Å². The van der Waals surface area contributed by atoms with Crippen LogP contribution >= 0.6 is 11.6 Å². The molecule has 0 amide bonds. The van der Waals surface area contributed by atoms with E-state index in [0.717, 1.165) is 17.5 Å². The van der Waals surface area contributed by atoms with E-state index in [1.165, 1.54) is 6.33 Å². The van der Waals surface area contributed by atoms with E-state index in [0.29, 0.717) is 16.5 Å². The van der Waals surface area contributed by atoms with Gasteiger partial charge in [0.15, 0.2) is 5.65 Å². The molecule has 0 radical (unpaired) electrons. The van der Waals surface area contributed by atoms with E-state index in [-0.39, 0.29) is 12.6 Å². The molecular weight excluding hydrogens is 302 g/mol. The van der Waals surface area contributed by atoms with Crippen LogP contribution in [0.15, 0.2) is 36.8 Å². The summed E-state index contributed by atoms with van der Waals surface area (Å²) >= 11 is 6.04. The van der Waals surface area contributed by atoms with Gasteiger partial charge in [0.05, 0.1) is 29.9 Å². The van der Waals surface area contributed by atoms with Crippen molar-refractivity contribution in [2.75, 3.05) is 11.9 Å². The van der Waals surface area contributed by atoms with Crippen LogP contribution in [-0.2, 0) is 0 Å². The first-order valence-corrected chi connectivity index (χ1v) is 7.42. The monoisotopic (exact) mass is 317 g/mol. The van der Waals surface area contributed by atoms with Crippen LogP contribution in [0.2, 0.25) is 5.02 Å². The quantitative estimate of drug-likeness (QED) is 0.756. The van der Waals surface area contributed by atoms with Gasteiger partial charge in [0.2, 0.25) is 0 Å². The van der Waals surface area contributed by atoms with Crippen LogP contribution in [-0.4, -0.2) is 37.5 Å². The summed E-state index contributed by atoms with van der Waals surface area (Å²) in [5, 5.41) is 18.4. The lowest BCUT2D eigenvalue weighted by Crippen LogP contribution is -2.23. The third-order valence-corrected chi connectivity index (χ3v) is 3.71. The Hall–Kier alpha value is -2.18. The molecule has 22 heavy (non-hydrogen) atoms. The molecule has 3 aromatic rings. The van der Waals surface area contributed by atoms with Crippen molar-refractivity contribution < 1.29 is 5.11 Å². The third-order valence-electron chi connectivity index (χ3n) is 3.47. The minimum absolute atomic E-state index is 0.0461. The first-order valence-electron chi connectivity index (χ1n) is 7.05. The predicted octanol–water partition coefficient (Wildman–Crippen LogP) is 2.65. The minimum atomic E-state index is -0.0485. The topological polar surface area (TPSA) is 75.9 Å². The van der Waals surface area contributed by atoms with Crippen molar-refractivity contribution in [1.29, 1.82) is 0 Å². The summed E-state index contributed by atoms with van der Waals surface area (Å²) < 4.78 is 1.72. The molecule has 0 aliphatic heterocycles. The van der Waals surface area contributed by atoms with Gasteiger partial charge < -0.3 is 10.4 Å². The average molecular weight is 318 g/mol. The summed E-state index contributed by atoms with van der Waals surface area (Å²) in [7, 11) is 0. The van der Waals surface area contributed by atoms with Crippen LogP contribution in [0.4, 0.5) is 5.82 Å². The maximum Gasteiger partial charge on any atom is 0.168 e. The van der Waals surface area contributed by atoms with E-state index < -0.39 is 0 Å². The van der Waals surface area contributed by atoms with E-state index in [4.69, 9.17) is 11.6 Å². The predicted molar refractivity (Wildman–Crippen MR) is 86.5 cm³/mol. The highest BCUT2D eigenvalue weighted by atomic mass is 35.5. The van der Waals surface area contributed by atoms with Gasteiger partial charge in [0.1, 0.15) is 12.1 Å². The van der Waals surface area contributed by atoms with Gasteiger partial charge in [-0.05, 0) is 24.6 Å². The smallest absolute Gasteiger partial charge is 0.168 e. The van der Waals surface area contributed by atoms with Crippen LogP contribution in [0.1, 0.15) is 13.3 Å². The summed E-state index contributed by atoms with van der Waals surface area (Å²) in [6.45, 7) is 2.05. The number of halogens is 1. The normalized spacial score (nSPS) is 12.5. The Morgan fingerprint density at radius 1 is 1.36 bits per heavy atom. The Balaban J connectivity index is 2.05. The van der Waals surface area contributed by atoms with Gasteiger partial charge in [-0.15, -0.1) is 0 Å². The number of rotatable bonds is 5. The Kier molecular flexibility index (Phi) is 4.22. The fourth-order valence-electron chi connectivity index (χ4n) is 2.23. The van der Waals surface area contributed by atoms with Gasteiger partial charge in [0.25, 0.3) is 0 Å². The molecule has 6 nitrogen and oxygen atoms in total. The molecule has 0 fully saturated rings. The molecule has 0 saturated heterocycles. The summed E-state index contributed by atoms with van der Waals surface area (Å²) in [6.07, 6.45) is 3.99. The molecular formula is C15H16ClN5O. The van der Waals surface area contributed by atoms with Crippen molar-refractivity contribution in [1.82, 2.24) is 19.7 Å². The molecule has 0 spiro atoms. The SMILES string of the molecule is CCC(CO)Nc1ncnc2c1cnn2-c1cccc(Cl)c1. The summed E-state index contributed by atoms with van der Waals surface area (Å²) in [5.74, 6) is 0.666. The van der Waals surface area contributed by atoms with Crippen LogP contribution in [0, 0.1) is 0 Å². The molecule has 114 valence electrons. The molecule has 2 aromatic heterocycles. The number of hydrogen-bond acceptors (Lipinski definition) is 5. The van der Waals surface area contributed by atoms with E-state index in [1.54, 1.807) is 10.9 Å². The molecule has 0 saturated carbocycles. The molecule has 7 heteroatoms. The zero-order valence-electron chi connectivity index (χ0n) is 12.1. The van der Waals surface area contributed by atoms with Crippen LogP contribution in [0.3, 0.4) is 0 Å². The number of nitrogens with zero attached hydrogens (tertiary/aromatic N) is 4. The molecule has 1 unspecified atom stereocenters. The number of hydrogen-bond donors (Lipinski definition) is 2. The minimum Gasteiger partial charge on any atom is -0.394 e. The number of fused-ring (bicyclic) bond motifs is 1. The first-order chi connectivity index (χ1) is 10.7. The number of benzene rings is 1. The lowest BCUT2D eigenvalue weighted by atomic mass is 10.2. The van der Waals surface area contributed by atoms with E-state index in [2.05, 4.69) is 20.4 Å². The molecule has 2 N–H and O–H groups in total. The van der Waals surface area contributed by atoms with Crippen LogP contribution in [0.5, 0.6) is 0 Å². The molecule has 0 aliphatic carbocycles. The number of aliphatic hydroxyl groups is 1. The largest absolute Gasteiger partial charge is 0.394 e. The van der Waals surface area contributed by atoms with Crippen LogP contribution < -0.4 is 5.32 Å². The van der Waals surface area contributed by atoms with Crippen molar-refractivity contribution in [2.24, 2.45) is 0 Å². The first kappa shape index (κ1) is 14.7. The summed E-state index contributed by atoms with van der Waals surface area (Å²) in [6, 6.07) is 7.37. The number of aliphatic hydroxyl groups excluding tert-OH is 1. The number of aromatic nitrogens is 4. The highest BCUT2D eigenvalue weighted by molar-refractivity contribution is 6.30. The summed E-state index contributed by atoms with van der Waals surface area (Å²) in [4.78, 5) is 8.56. The zero-order chi connectivity index (χ0) is 15.5. The Morgan fingerprint density at radius 2 is 2.23 bits per heavy atom. The highest BCUT2D eigenvalue weighted by Gasteiger charge is 2.13. The fraction of sp³-hybridized carbons (Fsp3) is 0.267. The maximum absolute atomic E-state index is 9.33. The summed E-state index contributed by atoms with van der Waals surface area (Å²) in [5.41, 5.74) is 1.52. The van der Waals surface area contributed by atoms with Crippen molar-refractivity contribution in [3.05, 3.63) is 41.8 Å². The number of anilines is 1. The maximum atomic E-state index is 9.33. The second-order valence-corrected chi connectivity index (χ2v) is 5.36.